The summed E-state index contributed by atoms with van der Waals surface area (Å²) in [5.41, 5.74) is 14.5. The second-order valence-electron chi connectivity index (χ2n) is 15.4. The maximum Gasteiger partial charge on any atom is 0.139 e. The average molecular weight is 761 g/mol. The van der Waals surface area contributed by atoms with Crippen molar-refractivity contribution in [3.05, 3.63) is 218 Å². The number of para-hydroxylation sites is 2. The number of nitrogens with zero attached hydrogens (tertiary/aromatic N) is 2. The Morgan fingerprint density at radius 1 is 0.390 bits per heavy atom. The van der Waals surface area contributed by atoms with E-state index in [0.29, 0.717) is 0 Å². The normalized spacial score (nSPS) is 12.5. The van der Waals surface area contributed by atoms with Crippen LogP contribution in [0.1, 0.15) is 25.0 Å². The molecule has 0 atom stereocenters. The summed E-state index contributed by atoms with van der Waals surface area (Å²) < 4.78 is 13.5. The van der Waals surface area contributed by atoms with E-state index in [-0.39, 0.29) is 5.41 Å². The molecule has 0 bridgehead atoms. The monoisotopic (exact) mass is 760 g/mol. The van der Waals surface area contributed by atoms with Gasteiger partial charge in [0.15, 0.2) is 0 Å². The predicted molar refractivity (Wildman–Crippen MR) is 240 cm³/mol. The highest BCUT2D eigenvalue weighted by atomic mass is 16.5. The first-order valence-corrected chi connectivity index (χ1v) is 20.0. The van der Waals surface area contributed by atoms with Gasteiger partial charge in [-0.3, -0.25) is 9.97 Å². The van der Waals surface area contributed by atoms with Gasteiger partial charge in [0, 0.05) is 56.8 Å². The molecule has 1 aliphatic heterocycles. The van der Waals surface area contributed by atoms with E-state index >= 15 is 0 Å². The second-order valence-corrected chi connectivity index (χ2v) is 15.4. The molecule has 0 amide bonds. The Bertz CT molecular complexity index is 2880. The van der Waals surface area contributed by atoms with Crippen molar-refractivity contribution in [2.45, 2.75) is 19.3 Å². The number of ether oxygens (including phenoxy) is 2. The SMILES string of the molecule is CC1(C)c2cccc(-c3ccc(-c4cccc(Oc5cccc(-c6ccccn6)c5)c4)nc3)c2Oc2c(-c3cc(-c4ccccc4)cc(-c4ccccc4)c3)cccc21. The van der Waals surface area contributed by atoms with Crippen LogP contribution in [-0.4, -0.2) is 9.97 Å². The fraction of sp³-hybridized carbons (Fsp3) is 0.0545. The van der Waals surface area contributed by atoms with Gasteiger partial charge in [0.1, 0.15) is 23.0 Å². The Kier molecular flexibility index (Phi) is 9.15. The summed E-state index contributed by atoms with van der Waals surface area (Å²) in [6, 6.07) is 67.2. The highest BCUT2D eigenvalue weighted by Crippen LogP contribution is 2.54. The first kappa shape index (κ1) is 35.8. The van der Waals surface area contributed by atoms with Crippen LogP contribution in [0.4, 0.5) is 0 Å². The quantitative estimate of drug-likeness (QED) is 0.155. The van der Waals surface area contributed by atoms with Crippen molar-refractivity contribution in [1.29, 1.82) is 0 Å². The minimum atomic E-state index is -0.320. The standard InChI is InChI=1S/C55H40N2O2/c1-55(2)49-25-13-23-47(41-28-29-52(57-36-41)40-20-12-22-46(35-40)58-45-21-11-19-39(34-45)51-27-9-10-30-56-51)53(49)59-54-48(24-14-26-50(54)55)44-32-42(37-15-5-3-6-16-37)31-43(33-44)38-17-7-4-8-18-38/h3-36H,1-2H3. The van der Waals surface area contributed by atoms with Gasteiger partial charge in [-0.05, 0) is 88.5 Å². The van der Waals surface area contributed by atoms with E-state index in [2.05, 4.69) is 152 Å². The zero-order valence-electron chi connectivity index (χ0n) is 32.8. The molecule has 3 heterocycles. The van der Waals surface area contributed by atoms with Gasteiger partial charge in [-0.15, -0.1) is 0 Å². The highest BCUT2D eigenvalue weighted by Gasteiger charge is 2.37. The van der Waals surface area contributed by atoms with Gasteiger partial charge >= 0.3 is 0 Å². The summed E-state index contributed by atoms with van der Waals surface area (Å²) in [7, 11) is 0. The lowest BCUT2D eigenvalue weighted by molar-refractivity contribution is 0.421. The number of hydrogen-bond donors (Lipinski definition) is 0. The molecule has 0 fully saturated rings. The van der Waals surface area contributed by atoms with Gasteiger partial charge in [-0.2, -0.15) is 0 Å². The summed E-state index contributed by atoms with van der Waals surface area (Å²) in [5.74, 6) is 3.22. The summed E-state index contributed by atoms with van der Waals surface area (Å²) in [6.07, 6.45) is 3.75. The van der Waals surface area contributed by atoms with Crippen molar-refractivity contribution in [2.24, 2.45) is 0 Å². The Hall–Kier alpha value is -7.56. The minimum Gasteiger partial charge on any atom is -0.457 e. The molecule has 0 aliphatic carbocycles. The molecule has 0 N–H and O–H groups in total. The Balaban J connectivity index is 0.984. The van der Waals surface area contributed by atoms with E-state index in [0.717, 1.165) is 90.0 Å². The third-order valence-corrected chi connectivity index (χ3v) is 11.3. The molecular formula is C55H40N2O2. The summed E-state index contributed by atoms with van der Waals surface area (Å²) in [4.78, 5) is 9.47. The molecule has 0 saturated carbocycles. The Morgan fingerprint density at radius 2 is 0.898 bits per heavy atom. The Labute approximate surface area is 345 Å². The van der Waals surface area contributed by atoms with Crippen molar-refractivity contribution >= 4 is 0 Å². The van der Waals surface area contributed by atoms with Crippen LogP contribution in [0.3, 0.4) is 0 Å². The number of benzene rings is 7. The third kappa shape index (κ3) is 6.96. The molecule has 282 valence electrons. The van der Waals surface area contributed by atoms with Gasteiger partial charge in [0.25, 0.3) is 0 Å². The smallest absolute Gasteiger partial charge is 0.139 e. The molecule has 59 heavy (non-hydrogen) atoms. The van der Waals surface area contributed by atoms with Gasteiger partial charge in [0.05, 0.1) is 11.4 Å². The lowest BCUT2D eigenvalue weighted by atomic mass is 9.74. The molecule has 10 rings (SSSR count). The molecule has 1 aliphatic rings. The van der Waals surface area contributed by atoms with E-state index in [1.165, 1.54) is 11.1 Å². The van der Waals surface area contributed by atoms with Gasteiger partial charge in [-0.25, -0.2) is 0 Å². The van der Waals surface area contributed by atoms with E-state index in [4.69, 9.17) is 14.5 Å². The van der Waals surface area contributed by atoms with Gasteiger partial charge in [0.2, 0.25) is 0 Å². The molecule has 0 unspecified atom stereocenters. The Morgan fingerprint density at radius 3 is 1.44 bits per heavy atom. The molecule has 4 nitrogen and oxygen atoms in total. The molecule has 9 aromatic rings. The van der Waals surface area contributed by atoms with Crippen LogP contribution in [0, 0.1) is 0 Å². The van der Waals surface area contributed by atoms with Crippen LogP contribution in [0.2, 0.25) is 0 Å². The van der Waals surface area contributed by atoms with E-state index in [1.807, 2.05) is 66.9 Å². The third-order valence-electron chi connectivity index (χ3n) is 11.3. The number of hydrogen-bond acceptors (Lipinski definition) is 4. The molecule has 7 aromatic carbocycles. The van der Waals surface area contributed by atoms with Crippen LogP contribution in [-0.2, 0) is 5.41 Å². The maximum atomic E-state index is 7.15. The van der Waals surface area contributed by atoms with Crippen molar-refractivity contribution < 1.29 is 9.47 Å². The minimum absolute atomic E-state index is 0.320. The zero-order valence-corrected chi connectivity index (χ0v) is 32.8. The van der Waals surface area contributed by atoms with E-state index in [1.54, 1.807) is 6.20 Å². The zero-order chi connectivity index (χ0) is 39.8. The summed E-state index contributed by atoms with van der Waals surface area (Å²) in [5, 5.41) is 0. The van der Waals surface area contributed by atoms with Crippen LogP contribution < -0.4 is 9.47 Å². The van der Waals surface area contributed by atoms with E-state index < -0.39 is 0 Å². The van der Waals surface area contributed by atoms with Crippen LogP contribution >= 0.6 is 0 Å². The lowest BCUT2D eigenvalue weighted by Crippen LogP contribution is -2.25. The predicted octanol–water partition coefficient (Wildman–Crippen LogP) is 14.7. The molecule has 0 saturated heterocycles. The van der Waals surface area contributed by atoms with Gasteiger partial charge < -0.3 is 9.47 Å². The molecule has 0 spiro atoms. The van der Waals surface area contributed by atoms with Gasteiger partial charge in [-0.1, -0.05) is 147 Å². The number of rotatable bonds is 8. The number of fused-ring (bicyclic) bond motifs is 2. The topological polar surface area (TPSA) is 44.2 Å². The van der Waals surface area contributed by atoms with Crippen LogP contribution in [0.25, 0.3) is 67.0 Å². The van der Waals surface area contributed by atoms with Crippen molar-refractivity contribution in [2.75, 3.05) is 0 Å². The van der Waals surface area contributed by atoms with Crippen molar-refractivity contribution in [3.8, 4) is 90.0 Å². The number of aromatic nitrogens is 2. The molecular weight excluding hydrogens is 721 g/mol. The largest absolute Gasteiger partial charge is 0.457 e. The second kappa shape index (κ2) is 15.1. The van der Waals surface area contributed by atoms with Crippen molar-refractivity contribution in [1.82, 2.24) is 9.97 Å². The fourth-order valence-corrected chi connectivity index (χ4v) is 8.19. The molecule has 4 heteroatoms. The molecule has 2 aromatic heterocycles. The highest BCUT2D eigenvalue weighted by molar-refractivity contribution is 5.86. The van der Waals surface area contributed by atoms with Crippen LogP contribution in [0.5, 0.6) is 23.0 Å². The first-order chi connectivity index (χ1) is 29.0. The lowest BCUT2D eigenvalue weighted by Gasteiger charge is -2.36. The first-order valence-electron chi connectivity index (χ1n) is 20.0. The fourth-order valence-electron chi connectivity index (χ4n) is 8.19. The maximum absolute atomic E-state index is 7.15. The molecule has 0 radical (unpaired) electrons. The summed E-state index contributed by atoms with van der Waals surface area (Å²) in [6.45, 7) is 4.59. The number of pyridine rings is 2. The average Bonchev–Trinajstić information content (AvgIpc) is 3.30. The van der Waals surface area contributed by atoms with Crippen molar-refractivity contribution in [3.63, 3.8) is 0 Å². The van der Waals surface area contributed by atoms with Crippen LogP contribution in [0.15, 0.2) is 207 Å². The van der Waals surface area contributed by atoms with E-state index in [9.17, 15) is 0 Å². The summed E-state index contributed by atoms with van der Waals surface area (Å²) >= 11 is 0.